The summed E-state index contributed by atoms with van der Waals surface area (Å²) in [5, 5.41) is 3.21. The van der Waals surface area contributed by atoms with Gasteiger partial charge in [-0.2, -0.15) is 0 Å². The van der Waals surface area contributed by atoms with Crippen molar-refractivity contribution in [2.24, 2.45) is 0 Å². The highest BCUT2D eigenvalue weighted by molar-refractivity contribution is 5.85. The van der Waals surface area contributed by atoms with Gasteiger partial charge in [0.1, 0.15) is 5.54 Å². The van der Waals surface area contributed by atoms with Gasteiger partial charge in [0.05, 0.1) is 6.61 Å². The minimum absolute atomic E-state index is 0. The van der Waals surface area contributed by atoms with Gasteiger partial charge in [-0.05, 0) is 19.4 Å². The Bertz CT molecular complexity index is 160. The summed E-state index contributed by atoms with van der Waals surface area (Å²) in [4.78, 5) is 11.1. The van der Waals surface area contributed by atoms with E-state index in [9.17, 15) is 4.79 Å². The van der Waals surface area contributed by atoms with E-state index in [1.165, 1.54) is 0 Å². The second-order valence-corrected chi connectivity index (χ2v) is 3.00. The molecule has 2 fully saturated rings. The molecule has 2 rings (SSSR count). The number of esters is 1. The van der Waals surface area contributed by atoms with Crippen molar-refractivity contribution >= 4 is 18.4 Å². The molecule has 64 valence electrons. The minimum atomic E-state index is -0.264. The first kappa shape index (κ1) is 8.81. The Kier molecular flexibility index (Phi) is 2.40. The normalized spacial score (nSPS) is 35.5. The van der Waals surface area contributed by atoms with Gasteiger partial charge in [0.2, 0.25) is 0 Å². The van der Waals surface area contributed by atoms with E-state index in [-0.39, 0.29) is 23.9 Å². The summed E-state index contributed by atoms with van der Waals surface area (Å²) in [5.41, 5.74) is -0.264. The van der Waals surface area contributed by atoms with Gasteiger partial charge in [-0.3, -0.25) is 4.79 Å². The SMILES string of the molecule is Cl.O=C1OCCC12CCCN2. The van der Waals surface area contributed by atoms with Gasteiger partial charge in [-0.25, -0.2) is 0 Å². The number of ether oxygens (including phenoxy) is 1. The van der Waals surface area contributed by atoms with Gasteiger partial charge < -0.3 is 10.1 Å². The van der Waals surface area contributed by atoms with Gasteiger partial charge in [-0.1, -0.05) is 0 Å². The fourth-order valence-electron chi connectivity index (χ4n) is 1.75. The van der Waals surface area contributed by atoms with Crippen molar-refractivity contribution < 1.29 is 9.53 Å². The van der Waals surface area contributed by atoms with Crippen LogP contribution in [-0.4, -0.2) is 24.7 Å². The van der Waals surface area contributed by atoms with Crippen molar-refractivity contribution in [1.29, 1.82) is 0 Å². The van der Waals surface area contributed by atoms with Crippen molar-refractivity contribution in [3.05, 3.63) is 0 Å². The van der Waals surface area contributed by atoms with Crippen molar-refractivity contribution in [1.82, 2.24) is 5.32 Å². The maximum absolute atomic E-state index is 11.1. The zero-order chi connectivity index (χ0) is 7.03. The molecule has 0 aromatic carbocycles. The molecule has 3 nitrogen and oxygen atoms in total. The van der Waals surface area contributed by atoms with E-state index in [1.807, 2.05) is 0 Å². The predicted octanol–water partition coefficient (Wildman–Crippen LogP) is 0.477. The van der Waals surface area contributed by atoms with Gasteiger partial charge in [0.15, 0.2) is 0 Å². The summed E-state index contributed by atoms with van der Waals surface area (Å²) >= 11 is 0. The van der Waals surface area contributed by atoms with Crippen molar-refractivity contribution in [3.63, 3.8) is 0 Å². The number of hydrogen-bond donors (Lipinski definition) is 1. The molecule has 1 atom stereocenters. The van der Waals surface area contributed by atoms with E-state index in [1.54, 1.807) is 0 Å². The van der Waals surface area contributed by atoms with Crippen LogP contribution in [0.4, 0.5) is 0 Å². The number of cyclic esters (lactones) is 1. The lowest BCUT2D eigenvalue weighted by atomic mass is 9.96. The first-order valence-corrected chi connectivity index (χ1v) is 3.76. The van der Waals surface area contributed by atoms with Crippen LogP contribution >= 0.6 is 12.4 Å². The minimum Gasteiger partial charge on any atom is -0.464 e. The lowest BCUT2D eigenvalue weighted by Gasteiger charge is -2.16. The van der Waals surface area contributed by atoms with Crippen molar-refractivity contribution in [2.75, 3.05) is 13.2 Å². The molecule has 1 unspecified atom stereocenters. The van der Waals surface area contributed by atoms with E-state index >= 15 is 0 Å². The van der Waals surface area contributed by atoms with Crippen LogP contribution in [0.5, 0.6) is 0 Å². The molecule has 0 bridgehead atoms. The standard InChI is InChI=1S/C7H11NO2.ClH/c9-6-7(3-5-10-6)2-1-4-8-7;/h8H,1-5H2;1H. The highest BCUT2D eigenvalue weighted by Crippen LogP contribution is 2.28. The van der Waals surface area contributed by atoms with E-state index in [0.717, 1.165) is 25.8 Å². The molecule has 0 aromatic rings. The Labute approximate surface area is 71.9 Å². The highest BCUT2D eigenvalue weighted by atomic mass is 35.5. The quantitative estimate of drug-likeness (QED) is 0.547. The molecular formula is C7H12ClNO2. The van der Waals surface area contributed by atoms with E-state index in [2.05, 4.69) is 5.32 Å². The zero-order valence-electron chi connectivity index (χ0n) is 6.26. The Morgan fingerprint density at radius 1 is 1.45 bits per heavy atom. The first-order valence-electron chi connectivity index (χ1n) is 3.76. The number of carbonyl (C=O) groups is 1. The zero-order valence-corrected chi connectivity index (χ0v) is 7.08. The van der Waals surface area contributed by atoms with Crippen LogP contribution < -0.4 is 5.32 Å². The second-order valence-electron chi connectivity index (χ2n) is 3.00. The molecule has 2 aliphatic heterocycles. The maximum Gasteiger partial charge on any atom is 0.326 e. The summed E-state index contributed by atoms with van der Waals surface area (Å²) in [7, 11) is 0. The van der Waals surface area contributed by atoms with Gasteiger partial charge in [0.25, 0.3) is 0 Å². The van der Waals surface area contributed by atoms with Crippen LogP contribution in [0.3, 0.4) is 0 Å². The lowest BCUT2D eigenvalue weighted by Crippen LogP contribution is -2.43. The monoisotopic (exact) mass is 177 g/mol. The number of nitrogens with one attached hydrogen (secondary N) is 1. The molecule has 0 radical (unpaired) electrons. The van der Waals surface area contributed by atoms with Gasteiger partial charge in [-0.15, -0.1) is 12.4 Å². The Hall–Kier alpha value is -0.280. The molecule has 0 saturated carbocycles. The van der Waals surface area contributed by atoms with Crippen LogP contribution in [0.1, 0.15) is 19.3 Å². The molecule has 2 heterocycles. The number of rotatable bonds is 0. The molecule has 2 aliphatic rings. The molecule has 11 heavy (non-hydrogen) atoms. The van der Waals surface area contributed by atoms with Gasteiger partial charge >= 0.3 is 5.97 Å². The molecule has 0 aliphatic carbocycles. The first-order chi connectivity index (χ1) is 4.83. The van der Waals surface area contributed by atoms with Crippen LogP contribution in [0.25, 0.3) is 0 Å². The van der Waals surface area contributed by atoms with Crippen LogP contribution in [0.15, 0.2) is 0 Å². The third kappa shape index (κ3) is 1.23. The molecule has 2 saturated heterocycles. The smallest absolute Gasteiger partial charge is 0.326 e. The van der Waals surface area contributed by atoms with Gasteiger partial charge in [0, 0.05) is 6.42 Å². The van der Waals surface area contributed by atoms with E-state index in [4.69, 9.17) is 4.74 Å². The topological polar surface area (TPSA) is 38.3 Å². The summed E-state index contributed by atoms with van der Waals surface area (Å²) in [6.07, 6.45) is 2.94. The summed E-state index contributed by atoms with van der Waals surface area (Å²) in [5.74, 6) is -0.0370. The summed E-state index contributed by atoms with van der Waals surface area (Å²) in [6, 6.07) is 0. The average Bonchev–Trinajstić information content (AvgIpc) is 2.48. The second kappa shape index (κ2) is 2.99. The number of halogens is 1. The Balaban J connectivity index is 0.000000605. The van der Waals surface area contributed by atoms with Crippen LogP contribution in [0, 0.1) is 0 Å². The molecular weight excluding hydrogens is 166 g/mol. The van der Waals surface area contributed by atoms with Crippen molar-refractivity contribution in [3.8, 4) is 0 Å². The third-order valence-corrected chi connectivity index (χ3v) is 2.40. The Morgan fingerprint density at radius 3 is 2.73 bits per heavy atom. The lowest BCUT2D eigenvalue weighted by molar-refractivity contribution is -0.142. The van der Waals surface area contributed by atoms with Crippen molar-refractivity contribution in [2.45, 2.75) is 24.8 Å². The van der Waals surface area contributed by atoms with Crippen LogP contribution in [-0.2, 0) is 9.53 Å². The molecule has 0 aromatic heterocycles. The molecule has 0 amide bonds. The molecule has 1 spiro atoms. The van der Waals surface area contributed by atoms with Crippen LogP contribution in [0.2, 0.25) is 0 Å². The summed E-state index contributed by atoms with van der Waals surface area (Å²) in [6.45, 7) is 1.57. The molecule has 4 heteroatoms. The molecule has 1 N–H and O–H groups in total. The predicted molar refractivity (Wildman–Crippen MR) is 42.8 cm³/mol. The number of hydrogen-bond acceptors (Lipinski definition) is 3. The summed E-state index contributed by atoms with van der Waals surface area (Å²) < 4.78 is 4.89. The van der Waals surface area contributed by atoms with E-state index in [0.29, 0.717) is 6.61 Å². The number of carbonyl (C=O) groups excluding carboxylic acids is 1. The largest absolute Gasteiger partial charge is 0.464 e. The van der Waals surface area contributed by atoms with E-state index < -0.39 is 0 Å². The maximum atomic E-state index is 11.1. The highest BCUT2D eigenvalue weighted by Gasteiger charge is 2.46. The Morgan fingerprint density at radius 2 is 2.27 bits per heavy atom. The third-order valence-electron chi connectivity index (χ3n) is 2.40. The average molecular weight is 178 g/mol. The fourth-order valence-corrected chi connectivity index (χ4v) is 1.75. The fraction of sp³-hybridized carbons (Fsp3) is 0.857.